The van der Waals surface area contributed by atoms with Gasteiger partial charge in [0.05, 0.1) is 15.7 Å². The Labute approximate surface area is 161 Å². The lowest BCUT2D eigenvalue weighted by Crippen LogP contribution is -2.20. The number of thiazole rings is 1. The first kappa shape index (κ1) is 20.3. The van der Waals surface area contributed by atoms with Crippen LogP contribution < -0.4 is 15.8 Å². The smallest absolute Gasteiger partial charge is 0.264 e. The van der Waals surface area contributed by atoms with E-state index in [1.165, 1.54) is 28.7 Å². The second-order valence-corrected chi connectivity index (χ2v) is 9.00. The van der Waals surface area contributed by atoms with E-state index in [4.69, 9.17) is 10.5 Å². The summed E-state index contributed by atoms with van der Waals surface area (Å²) < 4.78 is 6.38. The van der Waals surface area contributed by atoms with Gasteiger partial charge in [-0.05, 0) is 30.0 Å². The topological polar surface area (TPSA) is 94.3 Å². The average molecular weight is 394 g/mol. The molecule has 0 unspecified atom stereocenters. The van der Waals surface area contributed by atoms with Crippen LogP contribution in [-0.4, -0.2) is 29.2 Å². The van der Waals surface area contributed by atoms with Gasteiger partial charge in [0, 0.05) is 0 Å². The van der Waals surface area contributed by atoms with Gasteiger partial charge in [0.25, 0.3) is 5.91 Å². The minimum Gasteiger partial charge on any atom is -0.484 e. The lowest BCUT2D eigenvalue weighted by atomic mass is 9.87. The molecular formula is C18H23N3O3S2. The van der Waals surface area contributed by atoms with E-state index in [2.05, 4.69) is 31.1 Å². The highest BCUT2D eigenvalue weighted by molar-refractivity contribution is 8.01. The molecule has 1 aromatic heterocycles. The number of anilines is 1. The van der Waals surface area contributed by atoms with Crippen LogP contribution in [0.4, 0.5) is 5.13 Å². The monoisotopic (exact) mass is 393 g/mol. The summed E-state index contributed by atoms with van der Waals surface area (Å²) in [5.74, 6) is 0.148. The molecule has 0 aliphatic heterocycles. The number of hydrogen-bond acceptors (Lipinski definition) is 6. The van der Waals surface area contributed by atoms with Crippen LogP contribution in [0.1, 0.15) is 32.0 Å². The third kappa shape index (κ3) is 6.03. The van der Waals surface area contributed by atoms with Gasteiger partial charge in [0.1, 0.15) is 5.75 Å². The maximum atomic E-state index is 12.0. The summed E-state index contributed by atoms with van der Waals surface area (Å²) in [6, 6.07) is 7.72. The summed E-state index contributed by atoms with van der Waals surface area (Å²) >= 11 is 2.63. The SMILES string of the molecule is Cc1nc(NC(=O)COc2ccc(C(C)(C)C)cc2)sc1SCC(N)=O. The molecule has 0 aliphatic carbocycles. The van der Waals surface area contributed by atoms with Gasteiger partial charge in [-0.1, -0.05) is 44.2 Å². The van der Waals surface area contributed by atoms with Crippen LogP contribution in [0.25, 0.3) is 0 Å². The molecule has 0 spiro atoms. The maximum Gasteiger partial charge on any atom is 0.264 e. The molecule has 3 N–H and O–H groups in total. The fourth-order valence-corrected chi connectivity index (χ4v) is 3.96. The van der Waals surface area contributed by atoms with Crippen LogP contribution in [-0.2, 0) is 15.0 Å². The quantitative estimate of drug-likeness (QED) is 0.704. The zero-order chi connectivity index (χ0) is 19.3. The van der Waals surface area contributed by atoms with Crippen molar-refractivity contribution in [2.75, 3.05) is 17.7 Å². The van der Waals surface area contributed by atoms with Crippen LogP contribution in [0.2, 0.25) is 0 Å². The second kappa shape index (κ2) is 8.55. The van der Waals surface area contributed by atoms with Crippen molar-refractivity contribution in [3.63, 3.8) is 0 Å². The van der Waals surface area contributed by atoms with E-state index in [0.29, 0.717) is 10.9 Å². The summed E-state index contributed by atoms with van der Waals surface area (Å²) in [6.07, 6.45) is 0. The van der Waals surface area contributed by atoms with Gasteiger partial charge in [-0.25, -0.2) is 4.98 Å². The van der Waals surface area contributed by atoms with Crippen molar-refractivity contribution in [3.8, 4) is 5.75 Å². The predicted octanol–water partition coefficient (Wildman–Crippen LogP) is 3.34. The molecule has 2 rings (SSSR count). The third-order valence-electron chi connectivity index (χ3n) is 3.44. The van der Waals surface area contributed by atoms with Crippen LogP contribution in [0.3, 0.4) is 0 Å². The van der Waals surface area contributed by atoms with Gasteiger partial charge in [0.2, 0.25) is 5.91 Å². The highest BCUT2D eigenvalue weighted by Crippen LogP contribution is 2.31. The number of thioether (sulfide) groups is 1. The highest BCUT2D eigenvalue weighted by atomic mass is 32.2. The highest BCUT2D eigenvalue weighted by Gasteiger charge is 2.14. The summed E-state index contributed by atoms with van der Waals surface area (Å²) in [5, 5.41) is 3.19. The van der Waals surface area contributed by atoms with E-state index in [0.717, 1.165) is 9.90 Å². The molecule has 0 saturated heterocycles. The number of ether oxygens (including phenoxy) is 1. The van der Waals surface area contributed by atoms with Crippen molar-refractivity contribution in [2.24, 2.45) is 5.73 Å². The van der Waals surface area contributed by atoms with E-state index in [9.17, 15) is 9.59 Å². The number of carbonyl (C=O) groups is 2. The Morgan fingerprint density at radius 2 is 1.92 bits per heavy atom. The van der Waals surface area contributed by atoms with Gasteiger partial charge in [-0.3, -0.25) is 14.9 Å². The summed E-state index contributed by atoms with van der Waals surface area (Å²) in [5.41, 5.74) is 7.18. The van der Waals surface area contributed by atoms with Crippen molar-refractivity contribution in [1.82, 2.24) is 4.98 Å². The van der Waals surface area contributed by atoms with Crippen molar-refractivity contribution in [3.05, 3.63) is 35.5 Å². The van der Waals surface area contributed by atoms with E-state index >= 15 is 0 Å². The first-order valence-corrected chi connectivity index (χ1v) is 9.87. The van der Waals surface area contributed by atoms with Crippen molar-refractivity contribution in [2.45, 2.75) is 37.3 Å². The lowest BCUT2D eigenvalue weighted by Gasteiger charge is -2.19. The Morgan fingerprint density at radius 1 is 1.27 bits per heavy atom. The van der Waals surface area contributed by atoms with Crippen LogP contribution in [0.5, 0.6) is 5.75 Å². The molecule has 2 amide bonds. The molecule has 1 aromatic carbocycles. The number of nitrogens with one attached hydrogen (secondary N) is 1. The number of nitrogens with zero attached hydrogens (tertiary/aromatic N) is 1. The minimum absolute atomic E-state index is 0.0723. The second-order valence-electron chi connectivity index (χ2n) is 6.76. The summed E-state index contributed by atoms with van der Waals surface area (Å²) in [6.45, 7) is 8.15. The minimum atomic E-state index is -0.390. The number of aryl methyl sites for hydroxylation is 1. The van der Waals surface area contributed by atoms with E-state index < -0.39 is 0 Å². The molecule has 2 aromatic rings. The Hall–Kier alpha value is -2.06. The standard InChI is InChI=1S/C18H23N3O3S2/c1-11-16(25-10-14(19)22)26-17(20-11)21-15(23)9-24-13-7-5-12(6-8-13)18(2,3)4/h5-8H,9-10H2,1-4H3,(H2,19,22)(H,20,21,23). The number of nitrogens with two attached hydrogens (primary N) is 1. The lowest BCUT2D eigenvalue weighted by molar-refractivity contribution is -0.118. The van der Waals surface area contributed by atoms with Crippen molar-refractivity contribution >= 4 is 40.0 Å². The zero-order valence-corrected chi connectivity index (χ0v) is 16.9. The third-order valence-corrected chi connectivity index (χ3v) is 5.89. The fourth-order valence-electron chi connectivity index (χ4n) is 2.06. The number of primary amides is 1. The molecule has 0 saturated carbocycles. The zero-order valence-electron chi connectivity index (χ0n) is 15.3. The predicted molar refractivity (Wildman–Crippen MR) is 106 cm³/mol. The van der Waals surface area contributed by atoms with Crippen LogP contribution in [0.15, 0.2) is 28.5 Å². The largest absolute Gasteiger partial charge is 0.484 e. The van der Waals surface area contributed by atoms with Gasteiger partial charge < -0.3 is 10.5 Å². The Kier molecular flexibility index (Phi) is 6.66. The number of benzene rings is 1. The molecule has 6 nitrogen and oxygen atoms in total. The summed E-state index contributed by atoms with van der Waals surface area (Å²) in [4.78, 5) is 27.2. The van der Waals surface area contributed by atoms with Gasteiger partial charge in [0.15, 0.2) is 11.7 Å². The van der Waals surface area contributed by atoms with Gasteiger partial charge >= 0.3 is 0 Å². The first-order valence-electron chi connectivity index (χ1n) is 8.07. The Balaban J connectivity index is 1.87. The van der Waals surface area contributed by atoms with E-state index in [1.54, 1.807) is 0 Å². The average Bonchev–Trinajstić information content (AvgIpc) is 2.90. The maximum absolute atomic E-state index is 12.0. The molecule has 0 radical (unpaired) electrons. The molecular weight excluding hydrogens is 370 g/mol. The molecule has 140 valence electrons. The normalized spacial score (nSPS) is 11.2. The molecule has 8 heteroatoms. The van der Waals surface area contributed by atoms with Crippen molar-refractivity contribution in [1.29, 1.82) is 0 Å². The number of hydrogen-bond donors (Lipinski definition) is 2. The number of carbonyl (C=O) groups excluding carboxylic acids is 2. The fraction of sp³-hybridized carbons (Fsp3) is 0.389. The number of amides is 2. The van der Waals surface area contributed by atoms with Gasteiger partial charge in [-0.2, -0.15) is 0 Å². The molecule has 0 fully saturated rings. The Morgan fingerprint density at radius 3 is 2.50 bits per heavy atom. The first-order chi connectivity index (χ1) is 12.1. The molecule has 26 heavy (non-hydrogen) atoms. The molecule has 0 aliphatic rings. The van der Waals surface area contributed by atoms with Crippen LogP contribution in [0, 0.1) is 6.92 Å². The molecule has 1 heterocycles. The van der Waals surface area contributed by atoms with Gasteiger partial charge in [-0.15, -0.1) is 11.8 Å². The van der Waals surface area contributed by atoms with Crippen molar-refractivity contribution < 1.29 is 14.3 Å². The Bertz CT molecular complexity index is 780. The molecule has 0 atom stereocenters. The van der Waals surface area contributed by atoms with Crippen LogP contribution >= 0.6 is 23.1 Å². The van der Waals surface area contributed by atoms with E-state index in [1.807, 2.05) is 31.2 Å². The summed E-state index contributed by atoms with van der Waals surface area (Å²) in [7, 11) is 0. The number of aromatic nitrogens is 1. The molecule has 0 bridgehead atoms. The van der Waals surface area contributed by atoms with E-state index in [-0.39, 0.29) is 29.6 Å². The number of rotatable bonds is 7.